The molecule has 1 aliphatic carbocycles. The van der Waals surface area contributed by atoms with E-state index in [2.05, 4.69) is 12.2 Å². The van der Waals surface area contributed by atoms with Gasteiger partial charge in [-0.05, 0) is 43.4 Å². The number of carbonyl (C=O) groups is 1. The zero-order valence-electron chi connectivity index (χ0n) is 12.3. The van der Waals surface area contributed by atoms with Gasteiger partial charge in [0.2, 0.25) is 0 Å². The van der Waals surface area contributed by atoms with E-state index in [1.165, 1.54) is 19.3 Å². The Labute approximate surface area is 120 Å². The molecule has 0 heterocycles. The van der Waals surface area contributed by atoms with E-state index < -0.39 is 0 Å². The largest absolute Gasteiger partial charge is 0.462 e. The molecule has 4 nitrogen and oxygen atoms in total. The number of nitrogens with two attached hydrogens (primary N) is 1. The van der Waals surface area contributed by atoms with Crippen molar-refractivity contribution < 1.29 is 9.53 Å². The molecule has 0 bridgehead atoms. The van der Waals surface area contributed by atoms with E-state index in [4.69, 9.17) is 10.5 Å². The first kappa shape index (κ1) is 14.7. The predicted octanol–water partition coefficient (Wildman–Crippen LogP) is 3.29. The number of anilines is 2. The number of rotatable bonds is 5. The van der Waals surface area contributed by atoms with Crippen molar-refractivity contribution in [1.29, 1.82) is 0 Å². The molecule has 20 heavy (non-hydrogen) atoms. The number of hydrogen-bond donors (Lipinski definition) is 2. The molecule has 2 unspecified atom stereocenters. The van der Waals surface area contributed by atoms with Gasteiger partial charge >= 0.3 is 5.97 Å². The van der Waals surface area contributed by atoms with Gasteiger partial charge in [-0.25, -0.2) is 4.79 Å². The van der Waals surface area contributed by atoms with Crippen molar-refractivity contribution in [3.63, 3.8) is 0 Å². The highest BCUT2D eigenvalue weighted by molar-refractivity contribution is 5.91. The predicted molar refractivity (Wildman–Crippen MR) is 81.8 cm³/mol. The molecule has 110 valence electrons. The number of hydrogen-bond acceptors (Lipinski definition) is 4. The maximum atomic E-state index is 11.6. The van der Waals surface area contributed by atoms with E-state index in [9.17, 15) is 4.79 Å². The zero-order valence-corrected chi connectivity index (χ0v) is 12.3. The molecule has 0 amide bonds. The van der Waals surface area contributed by atoms with Crippen LogP contribution < -0.4 is 11.1 Å². The Balaban J connectivity index is 1.97. The molecular weight excluding hydrogens is 252 g/mol. The third-order valence-corrected chi connectivity index (χ3v) is 4.16. The van der Waals surface area contributed by atoms with Gasteiger partial charge in [0, 0.05) is 6.54 Å². The van der Waals surface area contributed by atoms with Gasteiger partial charge in [-0.3, -0.25) is 0 Å². The highest BCUT2D eigenvalue weighted by Crippen LogP contribution is 2.31. The molecule has 1 aromatic carbocycles. The Bertz CT molecular complexity index is 474. The van der Waals surface area contributed by atoms with E-state index in [1.807, 2.05) is 6.07 Å². The van der Waals surface area contributed by atoms with E-state index in [0.717, 1.165) is 24.1 Å². The summed E-state index contributed by atoms with van der Waals surface area (Å²) >= 11 is 0. The highest BCUT2D eigenvalue weighted by Gasteiger charge is 2.23. The van der Waals surface area contributed by atoms with Crippen LogP contribution in [0.3, 0.4) is 0 Å². The second-order valence-corrected chi connectivity index (χ2v) is 5.57. The minimum Gasteiger partial charge on any atom is -0.462 e. The summed E-state index contributed by atoms with van der Waals surface area (Å²) in [6.07, 6.45) is 3.93. The number of ether oxygens (including phenoxy) is 1. The minimum absolute atomic E-state index is 0.324. The van der Waals surface area contributed by atoms with Crippen LogP contribution in [0.4, 0.5) is 11.4 Å². The lowest BCUT2D eigenvalue weighted by atomic mass is 9.98. The molecule has 0 radical (unpaired) electrons. The molecule has 3 N–H and O–H groups in total. The molecular formula is C16H24N2O2. The Morgan fingerprint density at radius 2 is 2.25 bits per heavy atom. The Hall–Kier alpha value is -1.71. The maximum Gasteiger partial charge on any atom is 0.338 e. The summed E-state index contributed by atoms with van der Waals surface area (Å²) < 4.78 is 4.96. The molecule has 4 heteroatoms. The molecule has 2 rings (SSSR count). The standard InChI is InChI=1S/C16H24N2O2/c1-3-20-16(19)12-7-8-15(14(17)9-12)18-10-13-6-4-5-11(13)2/h7-9,11,13,18H,3-6,10,17H2,1-2H3. The first-order valence-corrected chi connectivity index (χ1v) is 7.42. The Kier molecular flexibility index (Phi) is 4.88. The maximum absolute atomic E-state index is 11.6. The van der Waals surface area contributed by atoms with Crippen molar-refractivity contribution in [3.8, 4) is 0 Å². The summed E-state index contributed by atoms with van der Waals surface area (Å²) in [6.45, 7) is 5.43. The number of nitrogen functional groups attached to an aromatic ring is 1. The summed E-state index contributed by atoms with van der Waals surface area (Å²) in [5.74, 6) is 1.18. The lowest BCUT2D eigenvalue weighted by molar-refractivity contribution is 0.0526. The minimum atomic E-state index is -0.324. The zero-order chi connectivity index (χ0) is 14.5. The van der Waals surface area contributed by atoms with Crippen LogP contribution >= 0.6 is 0 Å². The first-order valence-electron chi connectivity index (χ1n) is 7.42. The number of nitrogens with one attached hydrogen (secondary N) is 1. The molecule has 1 aromatic rings. The van der Waals surface area contributed by atoms with Crippen LogP contribution in [0.25, 0.3) is 0 Å². The van der Waals surface area contributed by atoms with E-state index >= 15 is 0 Å². The normalized spacial score (nSPS) is 21.7. The SMILES string of the molecule is CCOC(=O)c1ccc(NCC2CCCC2C)c(N)c1. The summed E-state index contributed by atoms with van der Waals surface area (Å²) in [5, 5.41) is 3.41. The summed E-state index contributed by atoms with van der Waals surface area (Å²) in [7, 11) is 0. The molecule has 0 aromatic heterocycles. The van der Waals surface area contributed by atoms with Crippen molar-refractivity contribution >= 4 is 17.3 Å². The molecule has 0 aliphatic heterocycles. The lowest BCUT2D eigenvalue weighted by Gasteiger charge is -2.18. The molecule has 0 spiro atoms. The monoisotopic (exact) mass is 276 g/mol. The third kappa shape index (κ3) is 3.44. The fraction of sp³-hybridized carbons (Fsp3) is 0.562. The third-order valence-electron chi connectivity index (χ3n) is 4.16. The van der Waals surface area contributed by atoms with Crippen LogP contribution in [-0.2, 0) is 4.74 Å². The Morgan fingerprint density at radius 1 is 1.45 bits per heavy atom. The van der Waals surface area contributed by atoms with Crippen molar-refractivity contribution in [2.45, 2.75) is 33.1 Å². The number of benzene rings is 1. The van der Waals surface area contributed by atoms with Gasteiger partial charge in [0.25, 0.3) is 0 Å². The quantitative estimate of drug-likeness (QED) is 0.640. The summed E-state index contributed by atoms with van der Waals surface area (Å²) in [4.78, 5) is 11.6. The van der Waals surface area contributed by atoms with Crippen LogP contribution in [-0.4, -0.2) is 19.1 Å². The summed E-state index contributed by atoms with van der Waals surface area (Å²) in [6, 6.07) is 5.30. The van der Waals surface area contributed by atoms with Gasteiger partial charge in [-0.2, -0.15) is 0 Å². The van der Waals surface area contributed by atoms with Gasteiger partial charge in [0.1, 0.15) is 0 Å². The van der Waals surface area contributed by atoms with Gasteiger partial charge in [0.05, 0.1) is 23.5 Å². The van der Waals surface area contributed by atoms with E-state index in [1.54, 1.807) is 19.1 Å². The van der Waals surface area contributed by atoms with Crippen molar-refractivity contribution in [2.24, 2.45) is 11.8 Å². The summed E-state index contributed by atoms with van der Waals surface area (Å²) in [5.41, 5.74) is 8.01. The van der Waals surface area contributed by atoms with Crippen LogP contribution in [0.2, 0.25) is 0 Å². The fourth-order valence-electron chi connectivity index (χ4n) is 2.83. The van der Waals surface area contributed by atoms with Crippen molar-refractivity contribution in [2.75, 3.05) is 24.2 Å². The molecule has 1 aliphatic rings. The van der Waals surface area contributed by atoms with Gasteiger partial charge in [-0.1, -0.05) is 19.8 Å². The topological polar surface area (TPSA) is 64.3 Å². The average Bonchev–Trinajstić information content (AvgIpc) is 2.83. The van der Waals surface area contributed by atoms with E-state index in [0.29, 0.717) is 17.9 Å². The first-order chi connectivity index (χ1) is 9.61. The fourth-order valence-corrected chi connectivity index (χ4v) is 2.83. The van der Waals surface area contributed by atoms with Gasteiger partial charge < -0.3 is 15.8 Å². The smallest absolute Gasteiger partial charge is 0.338 e. The number of carbonyl (C=O) groups excluding carboxylic acids is 1. The van der Waals surface area contributed by atoms with Crippen LogP contribution in [0.5, 0.6) is 0 Å². The number of esters is 1. The second kappa shape index (κ2) is 6.64. The lowest BCUT2D eigenvalue weighted by Crippen LogP contribution is -2.17. The van der Waals surface area contributed by atoms with Crippen molar-refractivity contribution in [3.05, 3.63) is 23.8 Å². The highest BCUT2D eigenvalue weighted by atomic mass is 16.5. The molecule has 2 atom stereocenters. The van der Waals surface area contributed by atoms with E-state index in [-0.39, 0.29) is 5.97 Å². The van der Waals surface area contributed by atoms with Crippen LogP contribution in [0.15, 0.2) is 18.2 Å². The molecule has 1 fully saturated rings. The van der Waals surface area contributed by atoms with Crippen LogP contribution in [0, 0.1) is 11.8 Å². The molecule has 1 saturated carbocycles. The van der Waals surface area contributed by atoms with Gasteiger partial charge in [-0.15, -0.1) is 0 Å². The van der Waals surface area contributed by atoms with Gasteiger partial charge in [0.15, 0.2) is 0 Å². The second-order valence-electron chi connectivity index (χ2n) is 5.57. The molecule has 0 saturated heterocycles. The average molecular weight is 276 g/mol. The van der Waals surface area contributed by atoms with Crippen LogP contribution in [0.1, 0.15) is 43.5 Å². The van der Waals surface area contributed by atoms with Crippen molar-refractivity contribution in [1.82, 2.24) is 0 Å². The Morgan fingerprint density at radius 3 is 2.85 bits per heavy atom.